The molecule has 2 aromatic heterocycles. The number of aryl methyl sites for hydroxylation is 2. The molecule has 0 spiro atoms. The second kappa shape index (κ2) is 9.00. The Morgan fingerprint density at radius 2 is 1.97 bits per heavy atom. The van der Waals surface area contributed by atoms with Crippen molar-refractivity contribution in [2.24, 2.45) is 5.92 Å². The predicted molar refractivity (Wildman–Crippen MR) is 118 cm³/mol. The van der Waals surface area contributed by atoms with Crippen LogP contribution in [0, 0.1) is 19.8 Å². The van der Waals surface area contributed by atoms with Crippen molar-refractivity contribution in [3.63, 3.8) is 0 Å². The molecule has 0 saturated carbocycles. The summed E-state index contributed by atoms with van der Waals surface area (Å²) < 4.78 is 1.73. The van der Waals surface area contributed by atoms with Crippen molar-refractivity contribution in [2.45, 2.75) is 33.2 Å². The fourth-order valence-electron chi connectivity index (χ4n) is 4.51. The van der Waals surface area contributed by atoms with E-state index in [0.29, 0.717) is 31.1 Å². The highest BCUT2D eigenvalue weighted by atomic mass is 16.2. The van der Waals surface area contributed by atoms with Crippen LogP contribution in [0.4, 0.5) is 5.82 Å². The van der Waals surface area contributed by atoms with E-state index < -0.39 is 0 Å². The number of amides is 1. The number of rotatable bonds is 4. The van der Waals surface area contributed by atoms with Crippen LogP contribution in [0.1, 0.15) is 34.3 Å². The molecule has 2 aliphatic heterocycles. The highest BCUT2D eigenvalue weighted by molar-refractivity contribution is 5.95. The number of piperazine rings is 1. The van der Waals surface area contributed by atoms with Crippen LogP contribution in [0.2, 0.25) is 0 Å². The van der Waals surface area contributed by atoms with E-state index in [2.05, 4.69) is 28.2 Å². The number of pyridine rings is 2. The minimum Gasteiger partial charge on any atom is -0.353 e. The summed E-state index contributed by atoms with van der Waals surface area (Å²) in [5.74, 6) is 1.27. The maximum Gasteiger partial charge on any atom is 0.263 e. The Morgan fingerprint density at radius 1 is 1.17 bits per heavy atom. The monoisotopic (exact) mass is 409 g/mol. The summed E-state index contributed by atoms with van der Waals surface area (Å²) in [7, 11) is 0. The van der Waals surface area contributed by atoms with Gasteiger partial charge in [0.2, 0.25) is 0 Å². The van der Waals surface area contributed by atoms with E-state index in [1.807, 2.05) is 30.2 Å². The van der Waals surface area contributed by atoms with Crippen LogP contribution in [0.15, 0.2) is 35.4 Å². The summed E-state index contributed by atoms with van der Waals surface area (Å²) in [5, 5.41) is 3.40. The van der Waals surface area contributed by atoms with Crippen LogP contribution < -0.4 is 15.8 Å². The largest absolute Gasteiger partial charge is 0.353 e. The molecule has 1 unspecified atom stereocenters. The Hall–Kier alpha value is -2.67. The lowest BCUT2D eigenvalue weighted by molar-refractivity contribution is 0.0743. The van der Waals surface area contributed by atoms with E-state index in [1.165, 1.54) is 0 Å². The molecule has 4 rings (SSSR count). The average molecular weight is 410 g/mol. The van der Waals surface area contributed by atoms with Crippen LogP contribution in [0.5, 0.6) is 0 Å². The van der Waals surface area contributed by atoms with Gasteiger partial charge in [0.05, 0.1) is 0 Å². The van der Waals surface area contributed by atoms with Gasteiger partial charge in [0.25, 0.3) is 11.5 Å². The molecule has 0 bridgehead atoms. The maximum absolute atomic E-state index is 13.3. The smallest absolute Gasteiger partial charge is 0.263 e. The van der Waals surface area contributed by atoms with Crippen molar-refractivity contribution in [1.29, 1.82) is 0 Å². The van der Waals surface area contributed by atoms with Crippen molar-refractivity contribution >= 4 is 11.7 Å². The first-order valence-corrected chi connectivity index (χ1v) is 10.9. The minimum atomic E-state index is -0.159. The average Bonchev–Trinajstić information content (AvgIpc) is 2.77. The summed E-state index contributed by atoms with van der Waals surface area (Å²) >= 11 is 0. The van der Waals surface area contributed by atoms with Gasteiger partial charge in [-0.1, -0.05) is 6.07 Å². The summed E-state index contributed by atoms with van der Waals surface area (Å²) in [6, 6.07) is 5.89. The molecule has 160 valence electrons. The van der Waals surface area contributed by atoms with Gasteiger partial charge in [0.1, 0.15) is 11.4 Å². The van der Waals surface area contributed by atoms with Gasteiger partial charge in [-0.3, -0.25) is 9.59 Å². The fraction of sp³-hybridized carbons (Fsp3) is 0.522. The Kier molecular flexibility index (Phi) is 6.18. The molecular weight excluding hydrogens is 378 g/mol. The molecule has 0 aromatic carbocycles. The van der Waals surface area contributed by atoms with Crippen molar-refractivity contribution in [3.8, 4) is 0 Å². The van der Waals surface area contributed by atoms with E-state index in [0.717, 1.165) is 56.0 Å². The van der Waals surface area contributed by atoms with E-state index in [9.17, 15) is 9.59 Å². The van der Waals surface area contributed by atoms with E-state index in [1.54, 1.807) is 10.8 Å². The molecule has 1 atom stereocenters. The predicted octanol–water partition coefficient (Wildman–Crippen LogP) is 1.82. The maximum atomic E-state index is 13.3. The van der Waals surface area contributed by atoms with Crippen LogP contribution in [0.25, 0.3) is 0 Å². The van der Waals surface area contributed by atoms with Gasteiger partial charge in [-0.25, -0.2) is 4.98 Å². The first kappa shape index (κ1) is 20.6. The zero-order valence-corrected chi connectivity index (χ0v) is 17.9. The van der Waals surface area contributed by atoms with Gasteiger partial charge in [-0.2, -0.15) is 0 Å². The first-order valence-electron chi connectivity index (χ1n) is 10.9. The van der Waals surface area contributed by atoms with Gasteiger partial charge in [-0.05, 0) is 69.0 Å². The Balaban J connectivity index is 1.47. The molecular formula is C23H31N5O2. The van der Waals surface area contributed by atoms with Gasteiger partial charge < -0.3 is 19.7 Å². The van der Waals surface area contributed by atoms with E-state index in [-0.39, 0.29) is 11.5 Å². The van der Waals surface area contributed by atoms with Crippen molar-refractivity contribution in [3.05, 3.63) is 57.6 Å². The normalized spacial score (nSPS) is 19.7. The van der Waals surface area contributed by atoms with Gasteiger partial charge in [-0.15, -0.1) is 0 Å². The minimum absolute atomic E-state index is 0.147. The Bertz CT molecular complexity index is 956. The number of hydrogen-bond acceptors (Lipinski definition) is 5. The quantitative estimate of drug-likeness (QED) is 0.834. The topological polar surface area (TPSA) is 70.5 Å². The second-order valence-corrected chi connectivity index (χ2v) is 8.47. The zero-order valence-electron chi connectivity index (χ0n) is 17.9. The number of nitrogens with one attached hydrogen (secondary N) is 1. The summed E-state index contributed by atoms with van der Waals surface area (Å²) in [4.78, 5) is 34.9. The summed E-state index contributed by atoms with van der Waals surface area (Å²) in [6.07, 6.45) is 5.89. The van der Waals surface area contributed by atoms with Crippen LogP contribution in [-0.4, -0.2) is 59.6 Å². The number of carbonyl (C=O) groups excluding carboxylic acids is 1. The molecule has 2 aromatic rings. The van der Waals surface area contributed by atoms with Gasteiger partial charge in [0.15, 0.2) is 0 Å². The Labute approximate surface area is 177 Å². The highest BCUT2D eigenvalue weighted by Crippen LogP contribution is 2.19. The molecule has 7 heteroatoms. The lowest BCUT2D eigenvalue weighted by Gasteiger charge is -2.36. The summed E-state index contributed by atoms with van der Waals surface area (Å²) in [5.41, 5.74) is 2.06. The summed E-state index contributed by atoms with van der Waals surface area (Å²) in [6.45, 7) is 9.18. The zero-order chi connectivity index (χ0) is 21.1. The Morgan fingerprint density at radius 3 is 2.67 bits per heavy atom. The van der Waals surface area contributed by atoms with Crippen LogP contribution in [-0.2, 0) is 6.54 Å². The number of anilines is 1. The first-order chi connectivity index (χ1) is 14.5. The van der Waals surface area contributed by atoms with Crippen molar-refractivity contribution < 1.29 is 4.79 Å². The number of hydrogen-bond donors (Lipinski definition) is 1. The van der Waals surface area contributed by atoms with Gasteiger partial charge >= 0.3 is 0 Å². The molecule has 0 aliphatic carbocycles. The molecule has 4 heterocycles. The molecule has 2 saturated heterocycles. The molecule has 30 heavy (non-hydrogen) atoms. The van der Waals surface area contributed by atoms with Crippen molar-refractivity contribution in [2.75, 3.05) is 44.2 Å². The third-order valence-electron chi connectivity index (χ3n) is 6.29. The highest BCUT2D eigenvalue weighted by Gasteiger charge is 2.27. The van der Waals surface area contributed by atoms with Gasteiger partial charge in [0, 0.05) is 45.1 Å². The second-order valence-electron chi connectivity index (χ2n) is 8.47. The van der Waals surface area contributed by atoms with Crippen LogP contribution in [0.3, 0.4) is 0 Å². The standard InChI is InChI=1S/C23H31N5O2/c1-17-7-10-28(16-19-6-4-8-24-15-19)23(30)20(17)22(29)27-13-11-26(12-14-27)21-18(2)5-3-9-25-21/h3,5,7,9-10,19,24H,4,6,8,11-16H2,1-2H3. The van der Waals surface area contributed by atoms with E-state index in [4.69, 9.17) is 0 Å². The lowest BCUT2D eigenvalue weighted by atomic mass is 9.99. The van der Waals surface area contributed by atoms with E-state index >= 15 is 0 Å². The number of piperidine rings is 1. The fourth-order valence-corrected chi connectivity index (χ4v) is 4.51. The third kappa shape index (κ3) is 4.26. The number of aromatic nitrogens is 2. The third-order valence-corrected chi connectivity index (χ3v) is 6.29. The molecule has 0 radical (unpaired) electrons. The SMILES string of the molecule is Cc1cccnc1N1CCN(C(=O)c2c(C)ccn(CC3CCCNC3)c2=O)CC1. The lowest BCUT2D eigenvalue weighted by Crippen LogP contribution is -2.50. The van der Waals surface area contributed by atoms with Crippen LogP contribution >= 0.6 is 0 Å². The number of nitrogens with zero attached hydrogens (tertiary/aromatic N) is 4. The molecule has 2 aliphatic rings. The molecule has 2 fully saturated rings. The molecule has 1 N–H and O–H groups in total. The van der Waals surface area contributed by atoms with Crippen molar-refractivity contribution in [1.82, 2.24) is 19.8 Å². The number of carbonyl (C=O) groups is 1. The molecule has 7 nitrogen and oxygen atoms in total. The molecule has 1 amide bonds.